The molecule has 1 fully saturated rings. The van der Waals surface area contributed by atoms with Crippen molar-refractivity contribution in [3.8, 4) is 11.8 Å². The fourth-order valence-electron chi connectivity index (χ4n) is 2.23. The molecule has 0 N–H and O–H groups in total. The van der Waals surface area contributed by atoms with Crippen LogP contribution in [0.15, 0.2) is 54.3 Å². The van der Waals surface area contributed by atoms with E-state index >= 15 is 0 Å². The van der Waals surface area contributed by atoms with Gasteiger partial charge in [0.05, 0.1) is 19.8 Å². The summed E-state index contributed by atoms with van der Waals surface area (Å²) >= 11 is 0. The molecule has 0 atom stereocenters. The number of ether oxygens (including phenoxy) is 2. The van der Waals surface area contributed by atoms with Crippen LogP contribution in [0.4, 0.5) is 0 Å². The summed E-state index contributed by atoms with van der Waals surface area (Å²) in [5, 5.41) is 0. The fraction of sp³-hybridized carbons (Fsp3) is 0.368. The van der Waals surface area contributed by atoms with Gasteiger partial charge >= 0.3 is 0 Å². The zero-order valence-corrected chi connectivity index (χ0v) is 13.2. The molecule has 116 valence electrons. The normalized spacial score (nSPS) is 16.2. The first-order valence-corrected chi connectivity index (χ1v) is 7.69. The Morgan fingerprint density at radius 2 is 2.05 bits per heavy atom. The van der Waals surface area contributed by atoms with Crippen molar-refractivity contribution in [3.63, 3.8) is 0 Å². The highest BCUT2D eigenvalue weighted by Gasteiger charge is 2.13. The van der Waals surface area contributed by atoms with Crippen LogP contribution < -0.4 is 0 Å². The lowest BCUT2D eigenvalue weighted by Crippen LogP contribution is -2.37. The molecule has 3 heteroatoms. The maximum Gasteiger partial charge on any atom is 0.174 e. The highest BCUT2D eigenvalue weighted by molar-refractivity contribution is 5.42. The zero-order chi connectivity index (χ0) is 15.6. The minimum atomic E-state index is 0.596. The van der Waals surface area contributed by atoms with Gasteiger partial charge in [-0.1, -0.05) is 36.8 Å². The largest absolute Gasteiger partial charge is 0.485 e. The average molecular weight is 297 g/mol. The number of nitrogens with zero attached hydrogens (tertiary/aromatic N) is 1. The standard InChI is InChI=1S/C19H23NO2/c1-3-18(16-20-12-14-21-15-13-20)19(22-4-2)11-10-17-8-6-5-7-9-17/h3,5-9H,1,4,12-16H2,2H3/b19-18+. The van der Waals surface area contributed by atoms with E-state index in [2.05, 4.69) is 23.3 Å². The lowest BCUT2D eigenvalue weighted by molar-refractivity contribution is 0.0421. The van der Waals surface area contributed by atoms with Gasteiger partial charge in [-0.05, 0) is 25.0 Å². The van der Waals surface area contributed by atoms with Gasteiger partial charge in [-0.3, -0.25) is 4.90 Å². The lowest BCUT2D eigenvalue weighted by Gasteiger charge is -2.27. The molecule has 1 heterocycles. The number of hydrogen-bond acceptors (Lipinski definition) is 3. The molecule has 1 aromatic carbocycles. The summed E-state index contributed by atoms with van der Waals surface area (Å²) in [5.41, 5.74) is 2.02. The van der Waals surface area contributed by atoms with Crippen molar-refractivity contribution in [2.75, 3.05) is 39.5 Å². The third-order valence-corrected chi connectivity index (χ3v) is 3.42. The molecule has 0 radical (unpaired) electrons. The first-order chi connectivity index (χ1) is 10.8. The highest BCUT2D eigenvalue weighted by Crippen LogP contribution is 2.11. The van der Waals surface area contributed by atoms with Crippen LogP contribution in [-0.2, 0) is 9.47 Å². The Labute approximate surface area is 133 Å². The average Bonchev–Trinajstić information content (AvgIpc) is 2.58. The second-order valence-corrected chi connectivity index (χ2v) is 5.00. The summed E-state index contributed by atoms with van der Waals surface area (Å²) in [6.45, 7) is 10.7. The molecule has 1 aromatic rings. The molecule has 0 bridgehead atoms. The lowest BCUT2D eigenvalue weighted by atomic mass is 10.1. The number of rotatable bonds is 5. The molecule has 0 saturated carbocycles. The molecule has 0 aromatic heterocycles. The van der Waals surface area contributed by atoms with Gasteiger partial charge in [-0.25, -0.2) is 0 Å². The molecule has 1 aliphatic rings. The second-order valence-electron chi connectivity index (χ2n) is 5.00. The Morgan fingerprint density at radius 3 is 2.68 bits per heavy atom. The Kier molecular flexibility index (Phi) is 6.76. The number of hydrogen-bond donors (Lipinski definition) is 0. The molecule has 0 amide bonds. The Hall–Kier alpha value is -2.02. The van der Waals surface area contributed by atoms with Crippen molar-refractivity contribution in [3.05, 3.63) is 59.9 Å². The Bertz CT molecular complexity index is 560. The van der Waals surface area contributed by atoms with E-state index in [-0.39, 0.29) is 0 Å². The molecular weight excluding hydrogens is 274 g/mol. The minimum absolute atomic E-state index is 0.596. The maximum atomic E-state index is 5.74. The van der Waals surface area contributed by atoms with Crippen molar-refractivity contribution in [2.45, 2.75) is 6.92 Å². The van der Waals surface area contributed by atoms with Crippen LogP contribution in [0.2, 0.25) is 0 Å². The summed E-state index contributed by atoms with van der Waals surface area (Å²) in [6, 6.07) is 9.93. The number of morpholine rings is 1. The van der Waals surface area contributed by atoms with Crippen molar-refractivity contribution in [1.82, 2.24) is 4.90 Å². The third-order valence-electron chi connectivity index (χ3n) is 3.42. The molecule has 22 heavy (non-hydrogen) atoms. The SMILES string of the molecule is C=C/C(CN1CCOCC1)=C(/C#Cc1ccccc1)OCC. The van der Waals surface area contributed by atoms with Gasteiger partial charge in [0.25, 0.3) is 0 Å². The van der Waals surface area contributed by atoms with Crippen molar-refractivity contribution in [1.29, 1.82) is 0 Å². The van der Waals surface area contributed by atoms with Crippen LogP contribution in [0.1, 0.15) is 12.5 Å². The topological polar surface area (TPSA) is 21.7 Å². The van der Waals surface area contributed by atoms with E-state index in [4.69, 9.17) is 9.47 Å². The van der Waals surface area contributed by atoms with Gasteiger partial charge in [0, 0.05) is 30.8 Å². The predicted molar refractivity (Wildman–Crippen MR) is 89.4 cm³/mol. The first-order valence-electron chi connectivity index (χ1n) is 7.69. The van der Waals surface area contributed by atoms with E-state index in [1.165, 1.54) is 0 Å². The molecule has 0 spiro atoms. The van der Waals surface area contributed by atoms with E-state index in [1.807, 2.05) is 43.3 Å². The van der Waals surface area contributed by atoms with Crippen LogP contribution in [-0.4, -0.2) is 44.4 Å². The van der Waals surface area contributed by atoms with Gasteiger partial charge in [-0.2, -0.15) is 0 Å². The highest BCUT2D eigenvalue weighted by atomic mass is 16.5. The van der Waals surface area contributed by atoms with Crippen LogP contribution in [0.5, 0.6) is 0 Å². The second kappa shape index (κ2) is 9.09. The monoisotopic (exact) mass is 297 g/mol. The summed E-state index contributed by atoms with van der Waals surface area (Å²) < 4.78 is 11.1. The number of benzene rings is 1. The first kappa shape index (κ1) is 16.4. The van der Waals surface area contributed by atoms with E-state index in [9.17, 15) is 0 Å². The molecule has 0 aliphatic carbocycles. The maximum absolute atomic E-state index is 5.74. The zero-order valence-electron chi connectivity index (χ0n) is 13.2. The molecule has 2 rings (SSSR count). The van der Waals surface area contributed by atoms with Gasteiger partial charge in [0.1, 0.15) is 0 Å². The van der Waals surface area contributed by atoms with Gasteiger partial charge in [-0.15, -0.1) is 0 Å². The van der Waals surface area contributed by atoms with Gasteiger partial charge < -0.3 is 9.47 Å². The molecule has 0 unspecified atom stereocenters. The molecule has 1 aliphatic heterocycles. The van der Waals surface area contributed by atoms with Crippen LogP contribution in [0.3, 0.4) is 0 Å². The van der Waals surface area contributed by atoms with E-state index in [0.29, 0.717) is 12.4 Å². The quantitative estimate of drug-likeness (QED) is 0.474. The molecule has 3 nitrogen and oxygen atoms in total. The molecule has 1 saturated heterocycles. The van der Waals surface area contributed by atoms with Gasteiger partial charge in [0.2, 0.25) is 0 Å². The Balaban J connectivity index is 2.17. The summed E-state index contributed by atoms with van der Waals surface area (Å²) in [7, 11) is 0. The Morgan fingerprint density at radius 1 is 1.32 bits per heavy atom. The smallest absolute Gasteiger partial charge is 0.174 e. The van der Waals surface area contributed by atoms with E-state index < -0.39 is 0 Å². The molecular formula is C19H23NO2. The predicted octanol–water partition coefficient (Wildman–Crippen LogP) is 2.85. The summed E-state index contributed by atoms with van der Waals surface area (Å²) in [6.07, 6.45) is 1.85. The minimum Gasteiger partial charge on any atom is -0.485 e. The summed E-state index contributed by atoms with van der Waals surface area (Å²) in [5.74, 6) is 7.03. The third kappa shape index (κ3) is 5.07. The van der Waals surface area contributed by atoms with Crippen molar-refractivity contribution < 1.29 is 9.47 Å². The van der Waals surface area contributed by atoms with Crippen molar-refractivity contribution >= 4 is 0 Å². The van der Waals surface area contributed by atoms with Crippen LogP contribution in [0, 0.1) is 11.8 Å². The van der Waals surface area contributed by atoms with Crippen molar-refractivity contribution in [2.24, 2.45) is 0 Å². The number of allylic oxidation sites excluding steroid dienone is 1. The van der Waals surface area contributed by atoms with Crippen LogP contribution >= 0.6 is 0 Å². The summed E-state index contributed by atoms with van der Waals surface area (Å²) in [4.78, 5) is 2.34. The van der Waals surface area contributed by atoms with E-state index in [0.717, 1.165) is 44.0 Å². The van der Waals surface area contributed by atoms with Crippen LogP contribution in [0.25, 0.3) is 0 Å². The fourth-order valence-corrected chi connectivity index (χ4v) is 2.23. The van der Waals surface area contributed by atoms with Gasteiger partial charge in [0.15, 0.2) is 5.76 Å². The van der Waals surface area contributed by atoms with E-state index in [1.54, 1.807) is 0 Å².